The van der Waals surface area contributed by atoms with Crippen LogP contribution in [0, 0.1) is 12.7 Å². The molecule has 2 aromatic rings. The second-order valence-electron chi connectivity index (χ2n) is 3.68. The molecule has 0 radical (unpaired) electrons. The molecule has 4 nitrogen and oxygen atoms in total. The highest BCUT2D eigenvalue weighted by Crippen LogP contribution is 2.09. The summed E-state index contributed by atoms with van der Waals surface area (Å²) in [5.74, 6) is 0.0992. The molecular formula is C12H12FN3O. The molecule has 0 spiro atoms. The zero-order chi connectivity index (χ0) is 12.3. The van der Waals surface area contributed by atoms with Crippen molar-refractivity contribution in [3.05, 3.63) is 53.4 Å². The maximum Gasteiger partial charge on any atom is 0.251 e. The van der Waals surface area contributed by atoms with Gasteiger partial charge in [0.25, 0.3) is 5.91 Å². The number of benzene rings is 1. The number of amides is 1. The Morgan fingerprint density at radius 1 is 1.53 bits per heavy atom. The van der Waals surface area contributed by atoms with Crippen molar-refractivity contribution in [1.29, 1.82) is 0 Å². The van der Waals surface area contributed by atoms with E-state index in [1.165, 1.54) is 18.2 Å². The average molecular weight is 233 g/mol. The maximum atomic E-state index is 12.9. The number of hydrogen-bond donors (Lipinski definition) is 2. The van der Waals surface area contributed by atoms with Crippen LogP contribution in [0.3, 0.4) is 0 Å². The summed E-state index contributed by atoms with van der Waals surface area (Å²) in [7, 11) is 0. The molecule has 1 heterocycles. The summed E-state index contributed by atoms with van der Waals surface area (Å²) in [5.41, 5.74) is 1.08. The highest BCUT2D eigenvalue weighted by Gasteiger charge is 2.09. The minimum Gasteiger partial charge on any atom is -0.347 e. The summed E-state index contributed by atoms with van der Waals surface area (Å²) in [5, 5.41) is 2.71. The Kier molecular flexibility index (Phi) is 3.18. The summed E-state index contributed by atoms with van der Waals surface area (Å²) in [6.45, 7) is 2.02. The lowest BCUT2D eigenvalue weighted by molar-refractivity contribution is 0.0949. The molecule has 17 heavy (non-hydrogen) atoms. The van der Waals surface area contributed by atoms with Crippen LogP contribution in [0.2, 0.25) is 0 Å². The minimum atomic E-state index is -0.343. The van der Waals surface area contributed by atoms with Gasteiger partial charge in [-0.2, -0.15) is 0 Å². The molecule has 0 atom stereocenters. The van der Waals surface area contributed by atoms with Gasteiger partial charge in [0.05, 0.1) is 6.54 Å². The van der Waals surface area contributed by atoms with E-state index in [0.717, 1.165) is 0 Å². The normalized spacial score (nSPS) is 10.2. The number of nitrogens with one attached hydrogen (secondary N) is 2. The summed E-state index contributed by atoms with van der Waals surface area (Å²) in [4.78, 5) is 18.7. The quantitative estimate of drug-likeness (QED) is 0.849. The first-order valence-electron chi connectivity index (χ1n) is 5.19. The average Bonchev–Trinajstić information content (AvgIpc) is 2.78. The number of hydrogen-bond acceptors (Lipinski definition) is 2. The molecule has 88 valence electrons. The first kappa shape index (κ1) is 11.3. The van der Waals surface area contributed by atoms with Gasteiger partial charge in [-0.25, -0.2) is 9.37 Å². The monoisotopic (exact) mass is 233 g/mol. The number of halogens is 1. The van der Waals surface area contributed by atoms with Gasteiger partial charge in [-0.15, -0.1) is 0 Å². The van der Waals surface area contributed by atoms with Crippen LogP contribution in [-0.4, -0.2) is 15.9 Å². The van der Waals surface area contributed by atoms with Gasteiger partial charge in [0.15, 0.2) is 0 Å². The SMILES string of the molecule is Cc1cc(F)ccc1C(=O)NCc1ncc[nH]1. The van der Waals surface area contributed by atoms with Crippen molar-refractivity contribution in [2.45, 2.75) is 13.5 Å². The van der Waals surface area contributed by atoms with Crippen molar-refractivity contribution in [2.24, 2.45) is 0 Å². The topological polar surface area (TPSA) is 57.8 Å². The molecule has 0 saturated heterocycles. The predicted octanol–water partition coefficient (Wildman–Crippen LogP) is 1.79. The third-order valence-corrected chi connectivity index (χ3v) is 2.40. The predicted molar refractivity (Wildman–Crippen MR) is 60.9 cm³/mol. The van der Waals surface area contributed by atoms with Crippen LogP contribution < -0.4 is 5.32 Å². The smallest absolute Gasteiger partial charge is 0.251 e. The molecule has 1 aromatic carbocycles. The van der Waals surface area contributed by atoms with Crippen molar-refractivity contribution in [3.8, 4) is 0 Å². The van der Waals surface area contributed by atoms with Gasteiger partial charge < -0.3 is 10.3 Å². The molecule has 0 saturated carbocycles. The van der Waals surface area contributed by atoms with Crippen molar-refractivity contribution in [3.63, 3.8) is 0 Å². The van der Waals surface area contributed by atoms with Crippen LogP contribution in [0.1, 0.15) is 21.7 Å². The fourth-order valence-corrected chi connectivity index (χ4v) is 1.54. The highest BCUT2D eigenvalue weighted by atomic mass is 19.1. The molecule has 1 amide bonds. The van der Waals surface area contributed by atoms with Crippen LogP contribution in [0.5, 0.6) is 0 Å². The van der Waals surface area contributed by atoms with E-state index in [-0.39, 0.29) is 11.7 Å². The first-order valence-corrected chi connectivity index (χ1v) is 5.19. The van der Waals surface area contributed by atoms with Crippen LogP contribution >= 0.6 is 0 Å². The van der Waals surface area contributed by atoms with Gasteiger partial charge in [-0.1, -0.05) is 0 Å². The van der Waals surface area contributed by atoms with Crippen molar-refractivity contribution >= 4 is 5.91 Å². The van der Waals surface area contributed by atoms with E-state index in [1.807, 2.05) is 0 Å². The fraction of sp³-hybridized carbons (Fsp3) is 0.167. The van der Waals surface area contributed by atoms with E-state index < -0.39 is 0 Å². The van der Waals surface area contributed by atoms with E-state index in [1.54, 1.807) is 19.3 Å². The summed E-state index contributed by atoms with van der Waals surface area (Å²) in [6.07, 6.45) is 3.30. The van der Waals surface area contributed by atoms with E-state index in [9.17, 15) is 9.18 Å². The standard InChI is InChI=1S/C12H12FN3O/c1-8-6-9(13)2-3-10(8)12(17)16-7-11-14-4-5-15-11/h2-6H,7H2,1H3,(H,14,15)(H,16,17). The zero-order valence-electron chi connectivity index (χ0n) is 9.33. The summed E-state index contributed by atoms with van der Waals surface area (Å²) in [6, 6.07) is 4.08. The minimum absolute atomic E-state index is 0.237. The number of imidazole rings is 1. The number of aromatic amines is 1. The van der Waals surface area contributed by atoms with E-state index in [4.69, 9.17) is 0 Å². The molecular weight excluding hydrogens is 221 g/mol. The van der Waals surface area contributed by atoms with Gasteiger partial charge in [0.2, 0.25) is 0 Å². The number of rotatable bonds is 3. The number of aryl methyl sites for hydroxylation is 1. The Hall–Kier alpha value is -2.17. The number of aromatic nitrogens is 2. The van der Waals surface area contributed by atoms with Crippen LogP contribution in [0.4, 0.5) is 4.39 Å². The lowest BCUT2D eigenvalue weighted by atomic mass is 10.1. The number of H-pyrrole nitrogens is 1. The van der Waals surface area contributed by atoms with Crippen LogP contribution in [0.25, 0.3) is 0 Å². The second kappa shape index (κ2) is 4.78. The number of carbonyl (C=O) groups excluding carboxylic acids is 1. The van der Waals surface area contributed by atoms with Gasteiger partial charge >= 0.3 is 0 Å². The highest BCUT2D eigenvalue weighted by molar-refractivity contribution is 5.95. The van der Waals surface area contributed by atoms with Crippen LogP contribution in [-0.2, 0) is 6.54 Å². The lowest BCUT2D eigenvalue weighted by Gasteiger charge is -2.06. The third kappa shape index (κ3) is 2.69. The van der Waals surface area contributed by atoms with E-state index >= 15 is 0 Å². The Morgan fingerprint density at radius 2 is 2.35 bits per heavy atom. The number of carbonyl (C=O) groups is 1. The van der Waals surface area contributed by atoms with Crippen LogP contribution in [0.15, 0.2) is 30.6 Å². The zero-order valence-corrected chi connectivity index (χ0v) is 9.33. The van der Waals surface area contributed by atoms with Gasteiger partial charge in [0, 0.05) is 18.0 Å². The molecule has 5 heteroatoms. The Morgan fingerprint density at radius 3 is 3.00 bits per heavy atom. The van der Waals surface area contributed by atoms with Crippen molar-refractivity contribution < 1.29 is 9.18 Å². The van der Waals surface area contributed by atoms with Gasteiger partial charge in [0.1, 0.15) is 11.6 Å². The molecule has 0 bridgehead atoms. The van der Waals surface area contributed by atoms with E-state index in [0.29, 0.717) is 23.5 Å². The fourth-order valence-electron chi connectivity index (χ4n) is 1.54. The summed E-state index contributed by atoms with van der Waals surface area (Å²) < 4.78 is 12.9. The van der Waals surface area contributed by atoms with E-state index in [2.05, 4.69) is 15.3 Å². The second-order valence-corrected chi connectivity index (χ2v) is 3.68. The first-order chi connectivity index (χ1) is 8.16. The molecule has 0 fully saturated rings. The third-order valence-electron chi connectivity index (χ3n) is 2.40. The van der Waals surface area contributed by atoms with Gasteiger partial charge in [-0.05, 0) is 30.7 Å². The number of nitrogens with zero attached hydrogens (tertiary/aromatic N) is 1. The molecule has 0 aliphatic carbocycles. The Bertz CT molecular complexity index is 523. The molecule has 0 aliphatic rings. The lowest BCUT2D eigenvalue weighted by Crippen LogP contribution is -2.24. The molecule has 2 N–H and O–H groups in total. The molecule has 2 rings (SSSR count). The Balaban J connectivity index is 2.04. The van der Waals surface area contributed by atoms with Crippen molar-refractivity contribution in [2.75, 3.05) is 0 Å². The van der Waals surface area contributed by atoms with Crippen molar-refractivity contribution in [1.82, 2.24) is 15.3 Å². The summed E-state index contributed by atoms with van der Waals surface area (Å²) >= 11 is 0. The molecule has 1 aromatic heterocycles. The largest absolute Gasteiger partial charge is 0.347 e. The Labute approximate surface area is 97.9 Å². The maximum absolute atomic E-state index is 12.9. The molecule has 0 aliphatic heterocycles. The van der Waals surface area contributed by atoms with Gasteiger partial charge in [-0.3, -0.25) is 4.79 Å². The molecule has 0 unspecified atom stereocenters.